The van der Waals surface area contributed by atoms with Crippen LogP contribution in [0.25, 0.3) is 10.9 Å². The number of likely N-dealkylation sites (tertiary alicyclic amines) is 1. The first-order chi connectivity index (χ1) is 15.1. The van der Waals surface area contributed by atoms with E-state index in [1.165, 1.54) is 23.8 Å². The molecule has 1 N–H and O–H groups in total. The fraction of sp³-hybridized carbons (Fsp3) is 0.615. The summed E-state index contributed by atoms with van der Waals surface area (Å²) in [6, 6.07) is 8.59. The van der Waals surface area contributed by atoms with Gasteiger partial charge in [-0.05, 0) is 81.0 Å². The van der Waals surface area contributed by atoms with Gasteiger partial charge in [0.1, 0.15) is 17.4 Å². The van der Waals surface area contributed by atoms with Gasteiger partial charge in [-0.15, -0.1) is 0 Å². The number of benzene rings is 1. The number of nitrogens with zero attached hydrogens (tertiary/aromatic N) is 2. The monoisotopic (exact) mass is 424 g/mol. The first-order valence-electron chi connectivity index (χ1n) is 12.1. The molecule has 1 aliphatic carbocycles. The summed E-state index contributed by atoms with van der Waals surface area (Å²) in [6.45, 7) is 5.45. The zero-order chi connectivity index (χ0) is 21.6. The van der Waals surface area contributed by atoms with E-state index in [4.69, 9.17) is 4.74 Å². The molecule has 0 atom stereocenters. The number of ether oxygens (including phenoxy) is 1. The minimum Gasteiger partial charge on any atom is -0.488 e. The van der Waals surface area contributed by atoms with Gasteiger partial charge in [-0.1, -0.05) is 19.4 Å². The average Bonchev–Trinajstić information content (AvgIpc) is 2.79. The largest absolute Gasteiger partial charge is 0.488 e. The van der Waals surface area contributed by atoms with Crippen LogP contribution in [0.2, 0.25) is 0 Å². The molecule has 5 nitrogen and oxygen atoms in total. The molecule has 0 amide bonds. The normalized spacial score (nSPS) is 23.1. The first kappa shape index (κ1) is 22.1. The van der Waals surface area contributed by atoms with Crippen molar-refractivity contribution >= 4 is 16.9 Å². The fourth-order valence-corrected chi connectivity index (χ4v) is 5.18. The first-order valence-corrected chi connectivity index (χ1v) is 12.1. The van der Waals surface area contributed by atoms with Crippen LogP contribution in [0, 0.1) is 11.8 Å². The van der Waals surface area contributed by atoms with Gasteiger partial charge >= 0.3 is 5.97 Å². The van der Waals surface area contributed by atoms with Crippen LogP contribution >= 0.6 is 0 Å². The van der Waals surface area contributed by atoms with Crippen molar-refractivity contribution in [3.63, 3.8) is 0 Å². The molecule has 2 aliphatic rings. The number of aryl methyl sites for hydroxylation is 1. The maximum Gasteiger partial charge on any atom is 0.306 e. The maximum absolute atomic E-state index is 11.2. The van der Waals surface area contributed by atoms with E-state index >= 15 is 0 Å². The third kappa shape index (κ3) is 5.76. The molecular formula is C26H36N2O3. The van der Waals surface area contributed by atoms with Gasteiger partial charge < -0.3 is 14.7 Å². The molecule has 0 radical (unpaired) electrons. The standard InChI is InChI=1S/C26H36N2O3/c1-2-3-5-20-16-22-6-4-13-27-25(22)24(17-20)31-23-11-14-28(15-12-23)18-19-7-9-21(10-8-19)26(29)30/h4,6,13,16-17,19,21,23H,2-3,5,7-12,14-15,18H2,1H3,(H,29,30). The van der Waals surface area contributed by atoms with Crippen LogP contribution in [0.3, 0.4) is 0 Å². The number of carboxylic acids is 1. The third-order valence-electron chi connectivity index (χ3n) is 7.09. The Hall–Kier alpha value is -2.14. The van der Waals surface area contributed by atoms with Gasteiger partial charge in [0.15, 0.2) is 0 Å². The molecule has 5 heteroatoms. The highest BCUT2D eigenvalue weighted by Gasteiger charge is 2.28. The quantitative estimate of drug-likeness (QED) is 0.622. The van der Waals surface area contributed by atoms with Gasteiger partial charge in [0.05, 0.1) is 5.92 Å². The fourth-order valence-electron chi connectivity index (χ4n) is 5.18. The molecule has 1 aliphatic heterocycles. The summed E-state index contributed by atoms with van der Waals surface area (Å²) < 4.78 is 6.51. The summed E-state index contributed by atoms with van der Waals surface area (Å²) in [5, 5.41) is 10.4. The third-order valence-corrected chi connectivity index (χ3v) is 7.09. The van der Waals surface area contributed by atoms with E-state index in [1.807, 2.05) is 12.3 Å². The number of carbonyl (C=O) groups is 1. The highest BCUT2D eigenvalue weighted by Crippen LogP contribution is 2.32. The number of aliphatic carboxylic acids is 1. The van der Waals surface area contributed by atoms with Gasteiger partial charge in [-0.3, -0.25) is 9.78 Å². The topological polar surface area (TPSA) is 62.7 Å². The predicted octanol–water partition coefficient (Wildman–Crippen LogP) is 5.31. The number of fused-ring (bicyclic) bond motifs is 1. The van der Waals surface area contributed by atoms with Crippen molar-refractivity contribution in [2.75, 3.05) is 19.6 Å². The second-order valence-corrected chi connectivity index (χ2v) is 9.45. The van der Waals surface area contributed by atoms with E-state index < -0.39 is 5.97 Å². The van der Waals surface area contributed by atoms with Gasteiger partial charge in [-0.25, -0.2) is 0 Å². The minimum absolute atomic E-state index is 0.119. The van der Waals surface area contributed by atoms with Gasteiger partial charge in [-0.2, -0.15) is 0 Å². The van der Waals surface area contributed by atoms with Crippen LogP contribution in [0.15, 0.2) is 30.5 Å². The molecule has 0 spiro atoms. The Labute approximate surface area is 185 Å². The Kier molecular flexibility index (Phi) is 7.44. The van der Waals surface area contributed by atoms with E-state index in [2.05, 4.69) is 35.0 Å². The van der Waals surface area contributed by atoms with Crippen molar-refractivity contribution in [2.24, 2.45) is 11.8 Å². The van der Waals surface area contributed by atoms with Crippen LogP contribution in [0.1, 0.15) is 63.9 Å². The second-order valence-electron chi connectivity index (χ2n) is 9.45. The Bertz CT molecular complexity index is 868. The highest BCUT2D eigenvalue weighted by atomic mass is 16.5. The molecule has 2 heterocycles. The van der Waals surface area contributed by atoms with Crippen LogP contribution < -0.4 is 4.74 Å². The second kappa shape index (κ2) is 10.4. The molecule has 4 rings (SSSR count). The summed E-state index contributed by atoms with van der Waals surface area (Å²) in [6.07, 6.45) is 11.4. The van der Waals surface area contributed by atoms with E-state index in [9.17, 15) is 9.90 Å². The van der Waals surface area contributed by atoms with Crippen molar-refractivity contribution < 1.29 is 14.6 Å². The summed E-state index contributed by atoms with van der Waals surface area (Å²) in [4.78, 5) is 18.3. The van der Waals surface area contributed by atoms with Crippen LogP contribution in [0.5, 0.6) is 5.75 Å². The molecule has 2 aromatic rings. The number of hydrogen-bond acceptors (Lipinski definition) is 4. The number of unbranched alkanes of at least 4 members (excludes halogenated alkanes) is 1. The zero-order valence-electron chi connectivity index (χ0n) is 18.8. The lowest BCUT2D eigenvalue weighted by atomic mass is 9.81. The number of piperidine rings is 1. The number of aromatic nitrogens is 1. The summed E-state index contributed by atoms with van der Waals surface area (Å²) in [5.74, 6) is 0.857. The van der Waals surface area contributed by atoms with Crippen molar-refractivity contribution in [2.45, 2.75) is 70.8 Å². The molecule has 31 heavy (non-hydrogen) atoms. The average molecular weight is 425 g/mol. The smallest absolute Gasteiger partial charge is 0.306 e. The lowest BCUT2D eigenvalue weighted by molar-refractivity contribution is -0.143. The molecule has 0 bridgehead atoms. The van der Waals surface area contributed by atoms with Crippen LogP contribution in [-0.2, 0) is 11.2 Å². The van der Waals surface area contributed by atoms with E-state index in [0.29, 0.717) is 5.92 Å². The minimum atomic E-state index is -0.614. The van der Waals surface area contributed by atoms with Crippen LogP contribution in [0.4, 0.5) is 0 Å². The van der Waals surface area contributed by atoms with Crippen molar-refractivity contribution in [1.29, 1.82) is 0 Å². The lowest BCUT2D eigenvalue weighted by Gasteiger charge is -2.36. The molecule has 168 valence electrons. The number of pyridine rings is 1. The zero-order valence-corrected chi connectivity index (χ0v) is 18.8. The Morgan fingerprint density at radius 1 is 1.16 bits per heavy atom. The summed E-state index contributed by atoms with van der Waals surface area (Å²) >= 11 is 0. The number of rotatable bonds is 8. The van der Waals surface area contributed by atoms with Crippen LogP contribution in [-0.4, -0.2) is 46.7 Å². The molecule has 1 aromatic carbocycles. The van der Waals surface area contributed by atoms with Crippen molar-refractivity contribution in [3.05, 3.63) is 36.0 Å². The number of hydrogen-bond donors (Lipinski definition) is 1. The highest BCUT2D eigenvalue weighted by molar-refractivity contribution is 5.85. The van der Waals surface area contributed by atoms with Crippen molar-refractivity contribution in [1.82, 2.24) is 9.88 Å². The molecule has 1 aromatic heterocycles. The lowest BCUT2D eigenvalue weighted by Crippen LogP contribution is -2.41. The molecule has 1 saturated carbocycles. The van der Waals surface area contributed by atoms with E-state index in [0.717, 1.165) is 75.8 Å². The molecule has 1 saturated heterocycles. The predicted molar refractivity (Wildman–Crippen MR) is 124 cm³/mol. The maximum atomic E-state index is 11.2. The van der Waals surface area contributed by atoms with Gasteiger partial charge in [0.25, 0.3) is 0 Å². The molecular weight excluding hydrogens is 388 g/mol. The van der Waals surface area contributed by atoms with E-state index in [-0.39, 0.29) is 12.0 Å². The molecule has 2 fully saturated rings. The summed E-state index contributed by atoms with van der Waals surface area (Å²) in [7, 11) is 0. The SMILES string of the molecule is CCCCc1cc(OC2CCN(CC3CCC(C(=O)O)CC3)CC2)c2ncccc2c1. The Balaban J connectivity index is 1.32. The Morgan fingerprint density at radius 3 is 2.65 bits per heavy atom. The molecule has 0 unspecified atom stereocenters. The Morgan fingerprint density at radius 2 is 1.94 bits per heavy atom. The van der Waals surface area contributed by atoms with E-state index in [1.54, 1.807) is 0 Å². The number of carboxylic acid groups (broad SMARTS) is 1. The van der Waals surface area contributed by atoms with Crippen molar-refractivity contribution in [3.8, 4) is 5.75 Å². The van der Waals surface area contributed by atoms with Gasteiger partial charge in [0.2, 0.25) is 0 Å². The summed E-state index contributed by atoms with van der Waals surface area (Å²) in [5.41, 5.74) is 2.31. The van der Waals surface area contributed by atoms with Gasteiger partial charge in [0, 0.05) is 31.2 Å².